The molecule has 146 valence electrons. The highest BCUT2D eigenvalue weighted by Crippen LogP contribution is 2.23. The Morgan fingerprint density at radius 1 is 1.18 bits per heavy atom. The van der Waals surface area contributed by atoms with Crippen molar-refractivity contribution in [2.24, 2.45) is 10.3 Å². The lowest BCUT2D eigenvalue weighted by Crippen LogP contribution is -2.30. The third-order valence-electron chi connectivity index (χ3n) is 3.78. The number of hydrogen-bond donors (Lipinski definition) is 3. The van der Waals surface area contributed by atoms with Crippen molar-refractivity contribution in [2.45, 2.75) is 20.3 Å². The van der Waals surface area contributed by atoms with Gasteiger partial charge in [0.05, 0.1) is 0 Å². The van der Waals surface area contributed by atoms with Gasteiger partial charge >= 0.3 is 0 Å². The molecule has 13 heteroatoms. The van der Waals surface area contributed by atoms with E-state index in [9.17, 15) is 4.79 Å². The van der Waals surface area contributed by atoms with Crippen LogP contribution in [0.3, 0.4) is 0 Å². The lowest BCUT2D eigenvalue weighted by atomic mass is 10.1. The van der Waals surface area contributed by atoms with Gasteiger partial charge < -0.3 is 16.8 Å². The van der Waals surface area contributed by atoms with Gasteiger partial charge in [-0.05, 0) is 45.1 Å². The van der Waals surface area contributed by atoms with Crippen molar-refractivity contribution in [3.05, 3.63) is 29.3 Å². The first-order valence-electron chi connectivity index (χ1n) is 8.23. The maximum atomic E-state index is 12.6. The van der Waals surface area contributed by atoms with E-state index in [1.807, 2.05) is 32.0 Å². The van der Waals surface area contributed by atoms with Crippen molar-refractivity contribution in [2.75, 3.05) is 28.3 Å². The molecule has 0 fully saturated rings. The third-order valence-corrected chi connectivity index (χ3v) is 3.78. The van der Waals surface area contributed by atoms with Crippen LogP contribution in [0, 0.1) is 6.92 Å². The average Bonchev–Trinajstić information content (AvgIpc) is 3.28. The van der Waals surface area contributed by atoms with Crippen LogP contribution in [0.5, 0.6) is 0 Å². The molecule has 0 aliphatic carbocycles. The summed E-state index contributed by atoms with van der Waals surface area (Å²) in [4.78, 5) is 12.6. The fourth-order valence-electron chi connectivity index (χ4n) is 2.39. The summed E-state index contributed by atoms with van der Waals surface area (Å²) in [7, 11) is 0. The number of nitrogens with one attached hydrogen (secondary N) is 1. The summed E-state index contributed by atoms with van der Waals surface area (Å²) < 4.78 is 9.01. The Morgan fingerprint density at radius 2 is 1.93 bits per heavy atom. The number of nitrogens with two attached hydrogens (primary N) is 2. The molecule has 0 aliphatic rings. The Kier molecular flexibility index (Phi) is 5.43. The Balaban J connectivity index is 1.82. The molecule has 3 aromatic rings. The number of rotatable bonds is 7. The molecule has 1 aromatic carbocycles. The number of carbonyl (C=O) groups excluding carboxylic acids is 1. The molecule has 0 unspecified atom stereocenters. The molecule has 2 heterocycles. The average molecular weight is 386 g/mol. The third kappa shape index (κ3) is 4.03. The fourth-order valence-corrected chi connectivity index (χ4v) is 2.39. The van der Waals surface area contributed by atoms with Crippen LogP contribution in [-0.4, -0.2) is 33.1 Å². The van der Waals surface area contributed by atoms with Crippen molar-refractivity contribution in [1.29, 1.82) is 0 Å². The standard InChI is InChI=1S/C15H18N10O3/c1-3-9-6-4-5-8(2)11(9)18-10(26)7-25(15-13(17)21-28-23-15)24-19-14-12(16)20-27-22-14/h4-6H,3,7H2,1-2H3,(H2,16,20)(H2,17,21)(H,18,26). The van der Waals surface area contributed by atoms with Crippen LogP contribution >= 0.6 is 0 Å². The molecule has 1 amide bonds. The monoisotopic (exact) mass is 386 g/mol. The molecule has 13 nitrogen and oxygen atoms in total. The first-order chi connectivity index (χ1) is 13.5. The molecule has 0 atom stereocenters. The number of nitrogens with zero attached hydrogens (tertiary/aromatic N) is 7. The SMILES string of the molecule is CCc1cccc(C)c1NC(=O)CN(N=Nc1nonc1N)c1nonc1N. The maximum absolute atomic E-state index is 12.6. The number of para-hydroxylation sites is 1. The molecular formula is C15H18N10O3. The zero-order valence-corrected chi connectivity index (χ0v) is 15.2. The van der Waals surface area contributed by atoms with Gasteiger partial charge in [0, 0.05) is 5.69 Å². The first kappa shape index (κ1) is 18.8. The molecule has 0 radical (unpaired) electrons. The molecule has 0 aliphatic heterocycles. The largest absolute Gasteiger partial charge is 0.378 e. The van der Waals surface area contributed by atoms with Crippen molar-refractivity contribution in [3.8, 4) is 0 Å². The minimum atomic E-state index is -0.378. The number of anilines is 4. The molecule has 0 bridgehead atoms. The highest BCUT2D eigenvalue weighted by atomic mass is 16.6. The summed E-state index contributed by atoms with van der Waals surface area (Å²) in [5.74, 6) is -0.561. The van der Waals surface area contributed by atoms with E-state index >= 15 is 0 Å². The molecule has 0 saturated carbocycles. The number of carbonyl (C=O) groups is 1. The minimum absolute atomic E-state index is 0.00873. The van der Waals surface area contributed by atoms with Gasteiger partial charge in [0.2, 0.25) is 23.4 Å². The second-order valence-corrected chi connectivity index (χ2v) is 5.70. The smallest absolute Gasteiger partial charge is 0.263 e. The van der Waals surface area contributed by atoms with Crippen LogP contribution in [0.1, 0.15) is 18.1 Å². The number of amides is 1. The van der Waals surface area contributed by atoms with E-state index in [1.54, 1.807) is 0 Å². The van der Waals surface area contributed by atoms with E-state index in [4.69, 9.17) is 11.5 Å². The highest BCUT2D eigenvalue weighted by molar-refractivity contribution is 5.95. The van der Waals surface area contributed by atoms with E-state index < -0.39 is 0 Å². The highest BCUT2D eigenvalue weighted by Gasteiger charge is 2.20. The van der Waals surface area contributed by atoms with Gasteiger partial charge in [0.15, 0.2) is 0 Å². The predicted octanol–water partition coefficient (Wildman–Crippen LogP) is 1.63. The second kappa shape index (κ2) is 8.11. The van der Waals surface area contributed by atoms with Gasteiger partial charge in [0.1, 0.15) is 6.54 Å². The summed E-state index contributed by atoms with van der Waals surface area (Å²) in [6, 6.07) is 5.79. The fraction of sp³-hybridized carbons (Fsp3) is 0.267. The first-order valence-corrected chi connectivity index (χ1v) is 8.23. The minimum Gasteiger partial charge on any atom is -0.378 e. The molecule has 3 rings (SSSR count). The van der Waals surface area contributed by atoms with E-state index in [2.05, 4.69) is 45.5 Å². The van der Waals surface area contributed by atoms with Crippen LogP contribution in [0.25, 0.3) is 0 Å². The van der Waals surface area contributed by atoms with E-state index in [0.717, 1.165) is 28.2 Å². The Morgan fingerprint density at radius 3 is 2.57 bits per heavy atom. The van der Waals surface area contributed by atoms with Crippen LogP contribution < -0.4 is 21.8 Å². The number of hydrogen-bond acceptors (Lipinski definition) is 11. The Hall–Kier alpha value is -4.03. The topological polar surface area (TPSA) is 187 Å². The second-order valence-electron chi connectivity index (χ2n) is 5.70. The Labute approximate surface area is 158 Å². The normalized spacial score (nSPS) is 11.1. The number of aryl methyl sites for hydroxylation is 2. The molecule has 28 heavy (non-hydrogen) atoms. The van der Waals surface area contributed by atoms with Gasteiger partial charge in [-0.15, -0.1) is 5.11 Å². The van der Waals surface area contributed by atoms with Gasteiger partial charge in [0.25, 0.3) is 5.82 Å². The van der Waals surface area contributed by atoms with Crippen LogP contribution in [-0.2, 0) is 11.2 Å². The number of benzene rings is 1. The Bertz CT molecular complexity index is 996. The van der Waals surface area contributed by atoms with Crippen molar-refractivity contribution in [1.82, 2.24) is 20.6 Å². The lowest BCUT2D eigenvalue weighted by Gasteiger charge is -2.16. The maximum Gasteiger partial charge on any atom is 0.263 e. The summed E-state index contributed by atoms with van der Waals surface area (Å²) in [5.41, 5.74) is 13.9. The molecule has 5 N–H and O–H groups in total. The van der Waals surface area contributed by atoms with Crippen LogP contribution in [0.4, 0.5) is 29.0 Å². The zero-order chi connectivity index (χ0) is 20.1. The predicted molar refractivity (Wildman–Crippen MR) is 98.5 cm³/mol. The molecule has 0 spiro atoms. The van der Waals surface area contributed by atoms with E-state index in [-0.39, 0.29) is 35.7 Å². The van der Waals surface area contributed by atoms with Gasteiger partial charge in [-0.2, -0.15) is 0 Å². The zero-order valence-electron chi connectivity index (χ0n) is 15.2. The van der Waals surface area contributed by atoms with E-state index in [0.29, 0.717) is 0 Å². The number of nitrogen functional groups attached to an aromatic ring is 2. The van der Waals surface area contributed by atoms with E-state index in [1.165, 1.54) is 0 Å². The summed E-state index contributed by atoms with van der Waals surface area (Å²) >= 11 is 0. The van der Waals surface area contributed by atoms with Crippen LogP contribution in [0.15, 0.2) is 37.8 Å². The van der Waals surface area contributed by atoms with Gasteiger partial charge in [-0.25, -0.2) is 14.3 Å². The van der Waals surface area contributed by atoms with Gasteiger partial charge in [-0.1, -0.05) is 30.3 Å². The van der Waals surface area contributed by atoms with Crippen molar-refractivity contribution in [3.63, 3.8) is 0 Å². The summed E-state index contributed by atoms with van der Waals surface area (Å²) in [5, 5.41) is 25.6. The van der Waals surface area contributed by atoms with Crippen molar-refractivity contribution >= 4 is 34.9 Å². The molecule has 0 saturated heterocycles. The molecular weight excluding hydrogens is 368 g/mol. The van der Waals surface area contributed by atoms with Crippen LogP contribution in [0.2, 0.25) is 0 Å². The lowest BCUT2D eigenvalue weighted by molar-refractivity contribution is -0.115. The molecule has 2 aromatic heterocycles. The van der Waals surface area contributed by atoms with Crippen molar-refractivity contribution < 1.29 is 14.1 Å². The van der Waals surface area contributed by atoms with Gasteiger partial charge in [-0.3, -0.25) is 4.79 Å². The number of aromatic nitrogens is 4. The summed E-state index contributed by atoms with van der Waals surface area (Å²) in [6.45, 7) is 3.64. The quantitative estimate of drug-likeness (QED) is 0.397. The summed E-state index contributed by atoms with van der Waals surface area (Å²) in [6.07, 6.45) is 0.763.